The fourth-order valence-electron chi connectivity index (χ4n) is 1.95. The van der Waals surface area contributed by atoms with E-state index < -0.39 is 0 Å². The number of fused-ring (bicyclic) bond motifs is 1. The van der Waals surface area contributed by atoms with Crippen LogP contribution in [0.1, 0.15) is 25.3 Å². The highest BCUT2D eigenvalue weighted by Crippen LogP contribution is 2.27. The van der Waals surface area contributed by atoms with Crippen LogP contribution >= 0.6 is 34.7 Å². The Bertz CT molecular complexity index is 581. The van der Waals surface area contributed by atoms with E-state index in [4.69, 9.17) is 11.6 Å². The second-order valence-electron chi connectivity index (χ2n) is 3.96. The van der Waals surface area contributed by atoms with Gasteiger partial charge in [-0.15, -0.1) is 11.8 Å². The summed E-state index contributed by atoms with van der Waals surface area (Å²) in [7, 11) is 0. The zero-order valence-electron chi connectivity index (χ0n) is 10.9. The summed E-state index contributed by atoms with van der Waals surface area (Å²) < 4.78 is 3.63. The molecule has 1 aromatic heterocycles. The molecule has 0 spiro atoms. The Hall–Kier alpha value is -0.510. The minimum atomic E-state index is 0.804. The van der Waals surface area contributed by atoms with Crippen LogP contribution in [0.15, 0.2) is 23.1 Å². The molecule has 96 valence electrons. The number of thioether (sulfide) groups is 1. The first-order chi connectivity index (χ1) is 8.69. The van der Waals surface area contributed by atoms with E-state index in [9.17, 15) is 0 Å². The van der Waals surface area contributed by atoms with Crippen LogP contribution in [-0.4, -0.2) is 6.26 Å². The number of nitrogens with zero attached hydrogens (tertiary/aromatic N) is 1. The number of rotatable bonds is 4. The van der Waals surface area contributed by atoms with Crippen molar-refractivity contribution in [1.29, 1.82) is 0 Å². The minimum Gasteiger partial charge on any atom is -0.182 e. The highest BCUT2D eigenvalue weighted by molar-refractivity contribution is 8.02. The smallest absolute Gasteiger partial charge is 0.182 e. The summed E-state index contributed by atoms with van der Waals surface area (Å²) in [6, 6.07) is 6.12. The van der Waals surface area contributed by atoms with Gasteiger partial charge in [0.1, 0.15) is 11.2 Å². The van der Waals surface area contributed by atoms with Crippen molar-refractivity contribution in [2.45, 2.75) is 26.8 Å². The standard InChI is InChI=1S/C14H17ClNS2/c1-4-11(17-3)9-14-16(5-2)12-8-10(15)6-7-13(12)18-14/h6-9H,4-5H2,1-3H3/q+1/b11-9-. The molecule has 0 radical (unpaired) electrons. The molecule has 2 rings (SSSR count). The number of hydrogen-bond donors (Lipinski definition) is 0. The predicted molar refractivity (Wildman–Crippen MR) is 84.5 cm³/mol. The molecule has 0 N–H and O–H groups in total. The molecule has 2 aromatic rings. The van der Waals surface area contributed by atoms with Gasteiger partial charge in [-0.3, -0.25) is 0 Å². The molecule has 0 aliphatic rings. The number of halogens is 1. The van der Waals surface area contributed by atoms with Gasteiger partial charge in [-0.2, -0.15) is 4.57 Å². The molecule has 1 nitrogen and oxygen atoms in total. The third-order valence-electron chi connectivity index (χ3n) is 2.90. The number of benzene rings is 1. The molecule has 0 fully saturated rings. The Kier molecular flexibility index (Phi) is 4.71. The van der Waals surface area contributed by atoms with Gasteiger partial charge in [-0.05, 0) is 36.6 Å². The second-order valence-corrected chi connectivity index (χ2v) is 6.40. The fraction of sp³-hybridized carbons (Fsp3) is 0.357. The van der Waals surface area contributed by atoms with Gasteiger partial charge in [0, 0.05) is 17.2 Å². The van der Waals surface area contributed by atoms with Gasteiger partial charge in [0.15, 0.2) is 0 Å². The molecule has 18 heavy (non-hydrogen) atoms. The third kappa shape index (κ3) is 2.73. The maximum absolute atomic E-state index is 6.09. The normalized spacial score (nSPS) is 12.3. The molecule has 1 heterocycles. The van der Waals surface area contributed by atoms with E-state index in [0.29, 0.717) is 0 Å². The van der Waals surface area contributed by atoms with Crippen molar-refractivity contribution in [3.63, 3.8) is 0 Å². The van der Waals surface area contributed by atoms with Gasteiger partial charge < -0.3 is 0 Å². The summed E-state index contributed by atoms with van der Waals surface area (Å²) >= 11 is 9.75. The fourth-order valence-corrected chi connectivity index (χ4v) is 3.88. The summed E-state index contributed by atoms with van der Waals surface area (Å²) in [4.78, 5) is 1.41. The Balaban J connectivity index is 2.60. The van der Waals surface area contributed by atoms with E-state index in [1.807, 2.05) is 29.2 Å². The quantitative estimate of drug-likeness (QED) is 0.720. The zero-order valence-corrected chi connectivity index (χ0v) is 13.3. The molecule has 0 amide bonds. The lowest BCUT2D eigenvalue weighted by Gasteiger charge is -1.97. The minimum absolute atomic E-state index is 0.804. The van der Waals surface area contributed by atoms with Gasteiger partial charge >= 0.3 is 0 Å². The summed E-state index contributed by atoms with van der Waals surface area (Å²) in [6.07, 6.45) is 5.52. The van der Waals surface area contributed by atoms with Crippen molar-refractivity contribution in [3.05, 3.63) is 33.1 Å². The molecular weight excluding hydrogens is 282 g/mol. The third-order valence-corrected chi connectivity index (χ3v) is 5.18. The summed E-state index contributed by atoms with van der Waals surface area (Å²) in [6.45, 7) is 5.34. The Labute approximate surface area is 121 Å². The molecule has 0 aliphatic heterocycles. The van der Waals surface area contributed by atoms with Crippen LogP contribution in [0.2, 0.25) is 5.02 Å². The molecule has 0 unspecified atom stereocenters. The van der Waals surface area contributed by atoms with Gasteiger partial charge in [-0.1, -0.05) is 29.9 Å². The number of allylic oxidation sites excluding steroid dienone is 1. The second kappa shape index (κ2) is 6.09. The maximum atomic E-state index is 6.09. The molecule has 4 heteroatoms. The monoisotopic (exact) mass is 298 g/mol. The van der Waals surface area contributed by atoms with Crippen LogP contribution in [0.4, 0.5) is 0 Å². The summed E-state index contributed by atoms with van der Waals surface area (Å²) in [5.41, 5.74) is 1.23. The van der Waals surface area contributed by atoms with E-state index in [-0.39, 0.29) is 0 Å². The first kappa shape index (κ1) is 13.9. The highest BCUT2D eigenvalue weighted by Gasteiger charge is 2.17. The molecule has 1 aromatic carbocycles. The highest BCUT2D eigenvalue weighted by atomic mass is 35.5. The van der Waals surface area contributed by atoms with E-state index in [1.165, 1.54) is 20.1 Å². The molecule has 0 saturated carbocycles. The van der Waals surface area contributed by atoms with Crippen LogP contribution in [0, 0.1) is 0 Å². The summed E-state index contributed by atoms with van der Waals surface area (Å²) in [5, 5.41) is 2.11. The Morgan fingerprint density at radius 2 is 2.22 bits per heavy atom. The van der Waals surface area contributed by atoms with Crippen LogP contribution in [-0.2, 0) is 6.54 Å². The van der Waals surface area contributed by atoms with Crippen molar-refractivity contribution in [2.75, 3.05) is 6.26 Å². The summed E-state index contributed by atoms with van der Waals surface area (Å²) in [5.74, 6) is 0. The van der Waals surface area contributed by atoms with E-state index >= 15 is 0 Å². The molecule has 0 aliphatic carbocycles. The lowest BCUT2D eigenvalue weighted by Crippen LogP contribution is -2.33. The Morgan fingerprint density at radius 1 is 1.44 bits per heavy atom. The zero-order chi connectivity index (χ0) is 13.1. The van der Waals surface area contributed by atoms with Crippen molar-refractivity contribution < 1.29 is 4.57 Å². The maximum Gasteiger partial charge on any atom is 0.263 e. The first-order valence-electron chi connectivity index (χ1n) is 6.06. The number of thiazole rings is 1. The van der Waals surface area contributed by atoms with Gasteiger partial charge in [-0.25, -0.2) is 0 Å². The van der Waals surface area contributed by atoms with Gasteiger partial charge in [0.2, 0.25) is 5.52 Å². The molecule has 0 bridgehead atoms. The largest absolute Gasteiger partial charge is 0.263 e. The number of aryl methyl sites for hydroxylation is 1. The van der Waals surface area contributed by atoms with Crippen molar-refractivity contribution in [3.8, 4) is 0 Å². The van der Waals surface area contributed by atoms with Gasteiger partial charge in [0.25, 0.3) is 5.01 Å². The van der Waals surface area contributed by atoms with Crippen LogP contribution in [0.3, 0.4) is 0 Å². The van der Waals surface area contributed by atoms with E-state index in [1.54, 1.807) is 0 Å². The lowest BCUT2D eigenvalue weighted by atomic mass is 10.3. The Morgan fingerprint density at radius 3 is 2.83 bits per heavy atom. The average molecular weight is 299 g/mol. The van der Waals surface area contributed by atoms with Crippen LogP contribution in [0.25, 0.3) is 16.3 Å². The van der Waals surface area contributed by atoms with E-state index in [2.05, 4.69) is 42.9 Å². The number of aromatic nitrogens is 1. The van der Waals surface area contributed by atoms with Gasteiger partial charge in [0.05, 0.1) is 0 Å². The first-order valence-corrected chi connectivity index (χ1v) is 8.48. The van der Waals surface area contributed by atoms with Crippen LogP contribution in [0.5, 0.6) is 0 Å². The van der Waals surface area contributed by atoms with Crippen molar-refractivity contribution in [2.24, 2.45) is 0 Å². The SMILES string of the molecule is CC/C(=C/c1sc2ccc(Cl)cc2[n+]1CC)SC. The predicted octanol–water partition coefficient (Wildman–Crippen LogP) is 4.98. The lowest BCUT2D eigenvalue weighted by molar-refractivity contribution is -0.665. The molecule has 0 atom stereocenters. The van der Waals surface area contributed by atoms with Crippen molar-refractivity contribution >= 4 is 51.0 Å². The molecular formula is C14H17ClNS2+. The van der Waals surface area contributed by atoms with Crippen LogP contribution < -0.4 is 4.57 Å². The molecule has 0 saturated heterocycles. The topological polar surface area (TPSA) is 3.88 Å². The number of hydrogen-bond acceptors (Lipinski definition) is 2. The average Bonchev–Trinajstić information content (AvgIpc) is 2.72. The van der Waals surface area contributed by atoms with E-state index in [0.717, 1.165) is 18.0 Å². The van der Waals surface area contributed by atoms with Crippen molar-refractivity contribution in [1.82, 2.24) is 0 Å².